The summed E-state index contributed by atoms with van der Waals surface area (Å²) in [5.74, 6) is 0.689. The van der Waals surface area contributed by atoms with Crippen LogP contribution in [0.15, 0.2) is 65.2 Å². The maximum atomic E-state index is 12.2. The van der Waals surface area contributed by atoms with E-state index < -0.39 is 0 Å². The van der Waals surface area contributed by atoms with Crippen LogP contribution in [0, 0.1) is 0 Å². The molecular formula is C21H15Cl2N3O2. The van der Waals surface area contributed by atoms with E-state index in [1.54, 1.807) is 18.2 Å². The maximum absolute atomic E-state index is 12.2. The van der Waals surface area contributed by atoms with Crippen LogP contribution in [0.1, 0.15) is 12.3 Å². The normalized spacial score (nSPS) is 10.9. The van der Waals surface area contributed by atoms with E-state index in [1.165, 1.54) is 0 Å². The molecule has 0 atom stereocenters. The van der Waals surface area contributed by atoms with Gasteiger partial charge in [0.05, 0.1) is 15.7 Å². The fourth-order valence-electron chi connectivity index (χ4n) is 2.92. The van der Waals surface area contributed by atoms with E-state index in [1.807, 2.05) is 42.5 Å². The van der Waals surface area contributed by atoms with Crippen LogP contribution >= 0.6 is 23.2 Å². The van der Waals surface area contributed by atoms with Crippen molar-refractivity contribution in [2.45, 2.75) is 12.8 Å². The summed E-state index contributed by atoms with van der Waals surface area (Å²) in [6.07, 6.45) is 0.502. The lowest BCUT2D eigenvalue weighted by atomic mass is 10.0. The predicted molar refractivity (Wildman–Crippen MR) is 111 cm³/mol. The number of fused-ring (bicyclic) bond motifs is 1. The average molecular weight is 412 g/mol. The highest BCUT2D eigenvalue weighted by Gasteiger charge is 2.14. The largest absolute Gasteiger partial charge is 0.339 e. The Hall–Kier alpha value is -2.89. The van der Waals surface area contributed by atoms with E-state index >= 15 is 0 Å². The zero-order valence-corrected chi connectivity index (χ0v) is 16.2. The summed E-state index contributed by atoms with van der Waals surface area (Å²) in [5.41, 5.74) is 1.37. The van der Waals surface area contributed by atoms with Gasteiger partial charge in [0.15, 0.2) is 0 Å². The number of hydrogen-bond acceptors (Lipinski definition) is 4. The lowest BCUT2D eigenvalue weighted by molar-refractivity contribution is -0.116. The highest BCUT2D eigenvalue weighted by Crippen LogP contribution is 2.30. The van der Waals surface area contributed by atoms with E-state index in [0.717, 1.165) is 16.3 Å². The van der Waals surface area contributed by atoms with Crippen molar-refractivity contribution in [3.63, 3.8) is 0 Å². The first-order valence-electron chi connectivity index (χ1n) is 8.66. The third-order valence-corrected chi connectivity index (χ3v) is 5.11. The smallest absolute Gasteiger partial charge is 0.227 e. The summed E-state index contributed by atoms with van der Waals surface area (Å²) >= 11 is 12.0. The molecule has 0 aliphatic rings. The number of nitrogens with one attached hydrogen (secondary N) is 1. The second-order valence-corrected chi connectivity index (χ2v) is 6.97. The molecule has 1 N–H and O–H groups in total. The van der Waals surface area contributed by atoms with Crippen LogP contribution in [0.4, 0.5) is 5.69 Å². The minimum Gasteiger partial charge on any atom is -0.339 e. The van der Waals surface area contributed by atoms with Crippen LogP contribution < -0.4 is 5.32 Å². The van der Waals surface area contributed by atoms with Gasteiger partial charge in [0.1, 0.15) is 0 Å². The molecule has 0 fully saturated rings. The molecule has 4 rings (SSSR count). The Morgan fingerprint density at radius 2 is 1.79 bits per heavy atom. The zero-order valence-electron chi connectivity index (χ0n) is 14.7. The van der Waals surface area contributed by atoms with Crippen molar-refractivity contribution < 1.29 is 9.32 Å². The van der Waals surface area contributed by atoms with Crippen LogP contribution in [0.2, 0.25) is 10.0 Å². The summed E-state index contributed by atoms with van der Waals surface area (Å²) in [5, 5.41) is 9.65. The van der Waals surface area contributed by atoms with Crippen LogP contribution in [0.5, 0.6) is 0 Å². The Labute approximate surface area is 171 Å². The zero-order chi connectivity index (χ0) is 19.5. The molecule has 1 heterocycles. The van der Waals surface area contributed by atoms with Crippen LogP contribution in [-0.4, -0.2) is 16.0 Å². The molecule has 0 saturated heterocycles. The second kappa shape index (κ2) is 8.00. The molecule has 0 radical (unpaired) electrons. The Morgan fingerprint density at radius 1 is 1.00 bits per heavy atom. The van der Waals surface area contributed by atoms with Crippen molar-refractivity contribution in [3.05, 3.63) is 76.6 Å². The summed E-state index contributed by atoms with van der Waals surface area (Å²) < 4.78 is 5.32. The third kappa shape index (κ3) is 3.86. The van der Waals surface area contributed by atoms with Gasteiger partial charge < -0.3 is 9.84 Å². The predicted octanol–water partition coefficient (Wildman–Crippen LogP) is 5.77. The van der Waals surface area contributed by atoms with Gasteiger partial charge in [0, 0.05) is 18.4 Å². The van der Waals surface area contributed by atoms with Gasteiger partial charge in [-0.25, -0.2) is 0 Å². The first-order chi connectivity index (χ1) is 13.6. The van der Waals surface area contributed by atoms with Crippen LogP contribution in [0.3, 0.4) is 0 Å². The van der Waals surface area contributed by atoms with Crippen molar-refractivity contribution in [3.8, 4) is 11.4 Å². The molecule has 7 heteroatoms. The highest BCUT2D eigenvalue weighted by atomic mass is 35.5. The quantitative estimate of drug-likeness (QED) is 0.452. The number of amides is 1. The Bertz CT molecular complexity index is 1150. The Morgan fingerprint density at radius 3 is 2.68 bits per heavy atom. The molecule has 0 unspecified atom stereocenters. The molecule has 0 aliphatic heterocycles. The number of nitrogens with zero attached hydrogens (tertiary/aromatic N) is 2. The minimum absolute atomic E-state index is 0.181. The van der Waals surface area contributed by atoms with Gasteiger partial charge >= 0.3 is 0 Å². The van der Waals surface area contributed by atoms with Gasteiger partial charge in [-0.1, -0.05) is 76.9 Å². The highest BCUT2D eigenvalue weighted by molar-refractivity contribution is 6.43. The van der Waals surface area contributed by atoms with E-state index in [4.69, 9.17) is 27.7 Å². The van der Waals surface area contributed by atoms with Crippen molar-refractivity contribution in [1.82, 2.24) is 10.1 Å². The number of aryl methyl sites for hydroxylation is 1. The van der Waals surface area contributed by atoms with Gasteiger partial charge in [0.25, 0.3) is 0 Å². The second-order valence-electron chi connectivity index (χ2n) is 6.19. The number of anilines is 1. The first-order valence-corrected chi connectivity index (χ1v) is 9.42. The molecule has 0 bridgehead atoms. The molecule has 28 heavy (non-hydrogen) atoms. The number of hydrogen-bond donors (Lipinski definition) is 1. The number of rotatable bonds is 5. The molecule has 0 saturated carbocycles. The van der Waals surface area contributed by atoms with E-state index in [2.05, 4.69) is 15.5 Å². The number of benzene rings is 3. The summed E-state index contributed by atoms with van der Waals surface area (Å²) in [7, 11) is 0. The molecule has 4 aromatic rings. The van der Waals surface area contributed by atoms with E-state index in [0.29, 0.717) is 33.9 Å². The molecule has 5 nitrogen and oxygen atoms in total. The molecule has 1 aromatic heterocycles. The first kappa shape index (κ1) is 18.5. The van der Waals surface area contributed by atoms with Crippen molar-refractivity contribution in [1.29, 1.82) is 0 Å². The Balaban J connectivity index is 1.45. The standard InChI is InChI=1S/C21H15Cl2N3O2/c22-16-9-4-10-17(20(16)23)24-18(27)11-12-19-25-21(26-28-19)15-8-3-6-13-5-1-2-7-14(13)15/h1-10H,11-12H2,(H,24,27). The maximum Gasteiger partial charge on any atom is 0.227 e. The fraction of sp³-hybridized carbons (Fsp3) is 0.0952. The number of aromatic nitrogens is 2. The summed E-state index contributed by atoms with van der Waals surface area (Å²) in [6, 6.07) is 19.0. The number of carbonyl (C=O) groups is 1. The lowest BCUT2D eigenvalue weighted by Gasteiger charge is -2.07. The topological polar surface area (TPSA) is 68.0 Å². The van der Waals surface area contributed by atoms with Crippen LogP contribution in [-0.2, 0) is 11.2 Å². The fourth-order valence-corrected chi connectivity index (χ4v) is 3.27. The van der Waals surface area contributed by atoms with E-state index in [9.17, 15) is 4.79 Å². The van der Waals surface area contributed by atoms with Gasteiger partial charge in [-0.05, 0) is 22.9 Å². The summed E-state index contributed by atoms with van der Waals surface area (Å²) in [6.45, 7) is 0. The molecule has 0 aliphatic carbocycles. The van der Waals surface area contributed by atoms with Gasteiger partial charge in [-0.3, -0.25) is 4.79 Å². The van der Waals surface area contributed by atoms with Crippen molar-refractivity contribution >= 4 is 45.6 Å². The Kier molecular flexibility index (Phi) is 5.28. The number of halogens is 2. The van der Waals surface area contributed by atoms with Crippen molar-refractivity contribution in [2.24, 2.45) is 0 Å². The van der Waals surface area contributed by atoms with Gasteiger partial charge in [-0.2, -0.15) is 4.98 Å². The third-order valence-electron chi connectivity index (χ3n) is 4.29. The van der Waals surface area contributed by atoms with Crippen LogP contribution in [0.25, 0.3) is 22.2 Å². The monoisotopic (exact) mass is 411 g/mol. The molecule has 0 spiro atoms. The number of carbonyl (C=O) groups excluding carboxylic acids is 1. The molecule has 140 valence electrons. The molecule has 3 aromatic carbocycles. The van der Waals surface area contributed by atoms with Gasteiger partial charge in [0.2, 0.25) is 17.6 Å². The summed E-state index contributed by atoms with van der Waals surface area (Å²) in [4.78, 5) is 16.6. The van der Waals surface area contributed by atoms with Gasteiger partial charge in [-0.15, -0.1) is 0 Å². The molecule has 1 amide bonds. The average Bonchev–Trinajstić information content (AvgIpc) is 3.18. The lowest BCUT2D eigenvalue weighted by Crippen LogP contribution is -2.12. The SMILES string of the molecule is O=C(CCc1nc(-c2cccc3ccccc23)no1)Nc1cccc(Cl)c1Cl. The van der Waals surface area contributed by atoms with E-state index in [-0.39, 0.29) is 12.3 Å². The molecular weight excluding hydrogens is 397 g/mol. The van der Waals surface area contributed by atoms with Crippen molar-refractivity contribution in [2.75, 3.05) is 5.32 Å². The minimum atomic E-state index is -0.214.